The van der Waals surface area contributed by atoms with E-state index >= 15 is 0 Å². The Kier molecular flexibility index (Phi) is 6.72. The van der Waals surface area contributed by atoms with Crippen LogP contribution in [0.1, 0.15) is 23.6 Å². The molecule has 138 valence electrons. The summed E-state index contributed by atoms with van der Waals surface area (Å²) in [5, 5.41) is 2.76. The first-order valence-corrected chi connectivity index (χ1v) is 8.41. The minimum atomic E-state index is -0.360. The first-order chi connectivity index (χ1) is 12.4. The molecule has 26 heavy (non-hydrogen) atoms. The number of carbonyl (C=O) groups excluding carboxylic acids is 2. The maximum atomic E-state index is 13.3. The first-order valence-electron chi connectivity index (χ1n) is 8.41. The van der Waals surface area contributed by atoms with Crippen LogP contribution < -0.4 is 5.32 Å². The van der Waals surface area contributed by atoms with Crippen LogP contribution in [-0.2, 0) is 4.79 Å². The number of carbonyl (C=O) groups is 2. The van der Waals surface area contributed by atoms with Gasteiger partial charge >= 0.3 is 6.03 Å². The van der Waals surface area contributed by atoms with E-state index in [9.17, 15) is 14.0 Å². The van der Waals surface area contributed by atoms with Crippen molar-refractivity contribution in [2.24, 2.45) is 0 Å². The molecule has 0 saturated carbocycles. The molecule has 3 amide bonds. The molecule has 0 fully saturated rings. The van der Waals surface area contributed by atoms with Crippen LogP contribution in [0.2, 0.25) is 0 Å². The lowest BCUT2D eigenvalue weighted by Gasteiger charge is -2.29. The van der Waals surface area contributed by atoms with E-state index in [4.69, 9.17) is 0 Å². The standard InChI is InChI=1S/C20H24FN3O2/c1-23(2)18(25)13-14-22-20(26)24(3)19(15-7-5-4-6-8-15)16-9-11-17(21)12-10-16/h4-12,19H,13-14H2,1-3H3,(H,22,26). The van der Waals surface area contributed by atoms with E-state index in [1.54, 1.807) is 38.2 Å². The highest BCUT2D eigenvalue weighted by Crippen LogP contribution is 2.27. The molecule has 2 aromatic rings. The van der Waals surface area contributed by atoms with Crippen LogP contribution in [0.15, 0.2) is 54.6 Å². The third kappa shape index (κ3) is 5.05. The summed E-state index contributed by atoms with van der Waals surface area (Å²) >= 11 is 0. The number of hydrogen-bond acceptors (Lipinski definition) is 2. The second-order valence-corrected chi connectivity index (χ2v) is 6.25. The Bertz CT molecular complexity index is 732. The minimum absolute atomic E-state index is 0.0499. The summed E-state index contributed by atoms with van der Waals surface area (Å²) in [7, 11) is 5.04. The van der Waals surface area contributed by atoms with Crippen molar-refractivity contribution in [3.63, 3.8) is 0 Å². The van der Waals surface area contributed by atoms with Crippen molar-refractivity contribution in [3.05, 3.63) is 71.5 Å². The van der Waals surface area contributed by atoms with Gasteiger partial charge in [0.05, 0.1) is 6.04 Å². The summed E-state index contributed by atoms with van der Waals surface area (Å²) in [5.41, 5.74) is 1.72. The molecule has 0 radical (unpaired) electrons. The average Bonchev–Trinajstić information content (AvgIpc) is 2.64. The summed E-state index contributed by atoms with van der Waals surface area (Å²) in [6, 6.07) is 15.0. The third-order valence-corrected chi connectivity index (χ3v) is 4.12. The van der Waals surface area contributed by atoms with Crippen molar-refractivity contribution in [2.75, 3.05) is 27.7 Å². The Balaban J connectivity index is 2.15. The maximum absolute atomic E-state index is 13.3. The topological polar surface area (TPSA) is 52.7 Å². The van der Waals surface area contributed by atoms with Gasteiger partial charge in [-0.1, -0.05) is 42.5 Å². The zero-order valence-electron chi connectivity index (χ0n) is 15.3. The van der Waals surface area contributed by atoms with Gasteiger partial charge in [-0.15, -0.1) is 0 Å². The Morgan fingerprint density at radius 1 is 0.962 bits per heavy atom. The SMILES string of the molecule is CN(C)C(=O)CCNC(=O)N(C)C(c1ccccc1)c1ccc(F)cc1. The molecule has 2 aromatic carbocycles. The van der Waals surface area contributed by atoms with Crippen molar-refractivity contribution in [1.29, 1.82) is 0 Å². The molecular weight excluding hydrogens is 333 g/mol. The number of urea groups is 1. The number of benzene rings is 2. The van der Waals surface area contributed by atoms with Crippen molar-refractivity contribution in [2.45, 2.75) is 12.5 Å². The fourth-order valence-electron chi connectivity index (χ4n) is 2.66. The van der Waals surface area contributed by atoms with E-state index in [0.29, 0.717) is 0 Å². The van der Waals surface area contributed by atoms with Crippen LogP contribution in [0.5, 0.6) is 0 Å². The van der Waals surface area contributed by atoms with Crippen LogP contribution in [-0.4, -0.2) is 49.4 Å². The van der Waals surface area contributed by atoms with Gasteiger partial charge in [0.2, 0.25) is 5.91 Å². The summed E-state index contributed by atoms with van der Waals surface area (Å²) in [6.07, 6.45) is 0.235. The third-order valence-electron chi connectivity index (χ3n) is 4.12. The van der Waals surface area contributed by atoms with Gasteiger partial charge in [-0.2, -0.15) is 0 Å². The van der Waals surface area contributed by atoms with E-state index < -0.39 is 0 Å². The van der Waals surface area contributed by atoms with Gasteiger partial charge in [0.25, 0.3) is 0 Å². The lowest BCUT2D eigenvalue weighted by atomic mass is 9.97. The van der Waals surface area contributed by atoms with Gasteiger partial charge in [0.15, 0.2) is 0 Å². The van der Waals surface area contributed by atoms with E-state index in [2.05, 4.69) is 5.32 Å². The zero-order valence-corrected chi connectivity index (χ0v) is 15.3. The van der Waals surface area contributed by atoms with Gasteiger partial charge < -0.3 is 15.1 Å². The van der Waals surface area contributed by atoms with Gasteiger partial charge in [-0.3, -0.25) is 4.79 Å². The molecule has 0 aliphatic heterocycles. The highest BCUT2D eigenvalue weighted by molar-refractivity contribution is 5.78. The quantitative estimate of drug-likeness (QED) is 0.864. The zero-order chi connectivity index (χ0) is 19.1. The number of amides is 3. The summed E-state index contributed by atoms with van der Waals surface area (Å²) in [4.78, 5) is 27.2. The molecule has 0 heterocycles. The first kappa shape index (κ1) is 19.4. The van der Waals surface area contributed by atoms with E-state index in [0.717, 1.165) is 11.1 Å². The van der Waals surface area contributed by atoms with Crippen LogP contribution in [0.3, 0.4) is 0 Å². The Morgan fingerprint density at radius 2 is 1.54 bits per heavy atom. The molecule has 2 rings (SSSR count). The molecule has 0 spiro atoms. The monoisotopic (exact) mass is 357 g/mol. The van der Waals surface area contributed by atoms with Gasteiger partial charge in [-0.05, 0) is 23.3 Å². The number of halogens is 1. The second kappa shape index (κ2) is 8.99. The Hall–Kier alpha value is -2.89. The van der Waals surface area contributed by atoms with Crippen LogP contribution in [0, 0.1) is 5.82 Å². The van der Waals surface area contributed by atoms with Crippen molar-refractivity contribution in [1.82, 2.24) is 15.1 Å². The Labute approximate surface area is 153 Å². The number of hydrogen-bond donors (Lipinski definition) is 1. The molecule has 0 aromatic heterocycles. The maximum Gasteiger partial charge on any atom is 0.317 e. The molecule has 0 aliphatic carbocycles. The molecule has 0 aliphatic rings. The average molecular weight is 357 g/mol. The molecule has 0 bridgehead atoms. The van der Waals surface area contributed by atoms with Gasteiger partial charge in [0.1, 0.15) is 5.82 Å². The fraction of sp³-hybridized carbons (Fsp3) is 0.300. The largest absolute Gasteiger partial charge is 0.349 e. The van der Waals surface area contributed by atoms with Gasteiger partial charge in [-0.25, -0.2) is 9.18 Å². The molecule has 1 N–H and O–H groups in total. The molecular formula is C20H24FN3O2. The second-order valence-electron chi connectivity index (χ2n) is 6.25. The number of rotatable bonds is 6. The minimum Gasteiger partial charge on any atom is -0.349 e. The van der Waals surface area contributed by atoms with E-state index in [1.165, 1.54) is 17.0 Å². The molecule has 6 heteroatoms. The van der Waals surface area contributed by atoms with Crippen LogP contribution in [0.4, 0.5) is 9.18 Å². The highest BCUT2D eigenvalue weighted by Gasteiger charge is 2.23. The summed E-state index contributed by atoms with van der Waals surface area (Å²) < 4.78 is 13.3. The van der Waals surface area contributed by atoms with E-state index in [1.807, 2.05) is 30.3 Å². The Morgan fingerprint density at radius 3 is 2.12 bits per heavy atom. The van der Waals surface area contributed by atoms with Gasteiger partial charge in [0, 0.05) is 34.1 Å². The molecule has 1 atom stereocenters. The predicted octanol–water partition coefficient (Wildman–Crippen LogP) is 3.03. The van der Waals surface area contributed by atoms with Crippen molar-refractivity contribution >= 4 is 11.9 Å². The predicted molar refractivity (Wildman–Crippen MR) is 99.2 cm³/mol. The van der Waals surface area contributed by atoms with Crippen LogP contribution >= 0.6 is 0 Å². The normalized spacial score (nSPS) is 11.5. The van der Waals surface area contributed by atoms with Crippen LogP contribution in [0.25, 0.3) is 0 Å². The van der Waals surface area contributed by atoms with Crippen molar-refractivity contribution in [3.8, 4) is 0 Å². The molecule has 0 saturated heterocycles. The number of nitrogens with one attached hydrogen (secondary N) is 1. The lowest BCUT2D eigenvalue weighted by molar-refractivity contribution is -0.128. The van der Waals surface area contributed by atoms with E-state index in [-0.39, 0.29) is 36.8 Å². The molecule has 5 nitrogen and oxygen atoms in total. The van der Waals surface area contributed by atoms with Crippen molar-refractivity contribution < 1.29 is 14.0 Å². The summed E-state index contributed by atoms with van der Waals surface area (Å²) in [6.45, 7) is 0.255. The molecule has 1 unspecified atom stereocenters. The summed E-state index contributed by atoms with van der Waals surface area (Å²) in [5.74, 6) is -0.374. The smallest absolute Gasteiger partial charge is 0.317 e. The number of nitrogens with zero attached hydrogens (tertiary/aromatic N) is 2. The lowest BCUT2D eigenvalue weighted by Crippen LogP contribution is -2.41. The fourth-order valence-corrected chi connectivity index (χ4v) is 2.66. The highest BCUT2D eigenvalue weighted by atomic mass is 19.1.